The van der Waals surface area contributed by atoms with Crippen molar-refractivity contribution in [2.45, 2.75) is 93.2 Å². The van der Waals surface area contributed by atoms with Gasteiger partial charge in [-0.25, -0.2) is 0 Å². The summed E-state index contributed by atoms with van der Waals surface area (Å²) in [6.45, 7) is 16.3. The van der Waals surface area contributed by atoms with Crippen molar-refractivity contribution in [1.82, 2.24) is 0 Å². The fraction of sp³-hybridized carbons (Fsp3) is 0.655. The number of rotatable bonds is 14. The van der Waals surface area contributed by atoms with E-state index < -0.39 is 47.4 Å². The maximum Gasteiger partial charge on any atom is 0.324 e. The van der Waals surface area contributed by atoms with Gasteiger partial charge in [-0.15, -0.1) is 0 Å². The molecule has 0 aliphatic carbocycles. The number of hydrogen-bond acceptors (Lipinski definition) is 8. The topological polar surface area (TPSA) is 142 Å². The summed E-state index contributed by atoms with van der Waals surface area (Å²) in [5, 5.41) is 9.95. The zero-order valence-corrected chi connectivity index (χ0v) is 24.2. The van der Waals surface area contributed by atoms with E-state index in [0.717, 1.165) is 0 Å². The Hall–Kier alpha value is -2.94. The first-order chi connectivity index (χ1) is 17.5. The molecule has 0 aliphatic rings. The standard InChI is InChI=1S/C29H45NO8/c1-10-18(6)25(31)36-19(7)14-29(30,28(34)35)15-22-11-12-23(37-26(32)20(8)16(2)3)24(13-22)38-27(33)21(9)17(4)5/h11-13,16-21H,10,14-15,30H2,1-9H3,(H,34,35)/t18?,19-,20?,21?,29?/m0/s1. The number of benzene rings is 1. The maximum absolute atomic E-state index is 12.7. The van der Waals surface area contributed by atoms with Crippen LogP contribution in [0.1, 0.15) is 80.7 Å². The lowest BCUT2D eigenvalue weighted by Gasteiger charge is -2.28. The van der Waals surface area contributed by atoms with Gasteiger partial charge < -0.3 is 25.1 Å². The van der Waals surface area contributed by atoms with E-state index in [1.807, 2.05) is 34.6 Å². The van der Waals surface area contributed by atoms with Crippen LogP contribution in [0, 0.1) is 29.6 Å². The predicted molar refractivity (Wildman–Crippen MR) is 144 cm³/mol. The van der Waals surface area contributed by atoms with Gasteiger partial charge in [-0.1, -0.05) is 61.5 Å². The van der Waals surface area contributed by atoms with Crippen molar-refractivity contribution in [2.24, 2.45) is 35.3 Å². The lowest BCUT2D eigenvalue weighted by Crippen LogP contribution is -2.52. The molecule has 0 heterocycles. The Morgan fingerprint density at radius 3 is 1.79 bits per heavy atom. The van der Waals surface area contributed by atoms with Gasteiger partial charge in [0.05, 0.1) is 17.8 Å². The highest BCUT2D eigenvalue weighted by Crippen LogP contribution is 2.33. The van der Waals surface area contributed by atoms with Crippen LogP contribution in [0.3, 0.4) is 0 Å². The number of carboxylic acids is 1. The molecular formula is C29H45NO8. The third-order valence-electron chi connectivity index (χ3n) is 7.10. The second kappa shape index (κ2) is 14.3. The Labute approximate surface area is 226 Å². The minimum Gasteiger partial charge on any atom is -0.480 e. The van der Waals surface area contributed by atoms with Crippen LogP contribution >= 0.6 is 0 Å². The number of esters is 3. The van der Waals surface area contributed by atoms with Crippen LogP contribution in [0.4, 0.5) is 0 Å². The first kappa shape index (κ1) is 33.1. The van der Waals surface area contributed by atoms with Gasteiger partial charge in [0.15, 0.2) is 11.5 Å². The molecule has 4 unspecified atom stereocenters. The van der Waals surface area contributed by atoms with Crippen LogP contribution in [0.2, 0.25) is 0 Å². The van der Waals surface area contributed by atoms with Gasteiger partial charge in [0.1, 0.15) is 11.6 Å². The molecular weight excluding hydrogens is 490 g/mol. The van der Waals surface area contributed by atoms with Gasteiger partial charge in [0, 0.05) is 12.8 Å². The van der Waals surface area contributed by atoms with Crippen LogP contribution < -0.4 is 15.2 Å². The molecule has 0 saturated heterocycles. The molecule has 38 heavy (non-hydrogen) atoms. The summed E-state index contributed by atoms with van der Waals surface area (Å²) in [4.78, 5) is 49.7. The summed E-state index contributed by atoms with van der Waals surface area (Å²) < 4.78 is 16.6. The molecule has 9 heteroatoms. The molecule has 1 aromatic carbocycles. The van der Waals surface area contributed by atoms with Crippen molar-refractivity contribution in [2.75, 3.05) is 0 Å². The summed E-state index contributed by atoms with van der Waals surface area (Å²) in [7, 11) is 0. The van der Waals surface area contributed by atoms with Crippen LogP contribution in [0.15, 0.2) is 18.2 Å². The average molecular weight is 536 g/mol. The molecule has 1 aromatic rings. The lowest BCUT2D eigenvalue weighted by molar-refractivity contribution is -0.156. The van der Waals surface area contributed by atoms with E-state index in [-0.39, 0.29) is 42.1 Å². The fourth-order valence-electron chi connectivity index (χ4n) is 3.41. The normalized spacial score (nSPS) is 16.2. The molecule has 3 N–H and O–H groups in total. The number of carbonyl (C=O) groups is 4. The molecule has 9 nitrogen and oxygen atoms in total. The zero-order chi connectivity index (χ0) is 29.4. The van der Waals surface area contributed by atoms with E-state index in [1.54, 1.807) is 33.8 Å². The van der Waals surface area contributed by atoms with Crippen molar-refractivity contribution in [1.29, 1.82) is 0 Å². The second-order valence-corrected chi connectivity index (χ2v) is 11.1. The van der Waals surface area contributed by atoms with Crippen molar-refractivity contribution in [3.8, 4) is 11.5 Å². The SMILES string of the molecule is CCC(C)C(=O)O[C@@H](C)CC(N)(Cc1ccc(OC(=O)C(C)C(C)C)c(OC(=O)C(C)C(C)C)c1)C(=O)O. The van der Waals surface area contributed by atoms with Gasteiger partial charge in [0.25, 0.3) is 0 Å². The van der Waals surface area contributed by atoms with Gasteiger partial charge in [-0.3, -0.25) is 19.2 Å². The maximum atomic E-state index is 12.7. The number of hydrogen-bond donors (Lipinski definition) is 2. The van der Waals surface area contributed by atoms with Crippen LogP contribution in [0.25, 0.3) is 0 Å². The molecule has 0 fully saturated rings. The summed E-state index contributed by atoms with van der Waals surface area (Å²) in [6.07, 6.45) is -0.414. The van der Waals surface area contributed by atoms with Crippen molar-refractivity contribution in [3.05, 3.63) is 23.8 Å². The van der Waals surface area contributed by atoms with Gasteiger partial charge >= 0.3 is 23.9 Å². The Balaban J connectivity index is 3.30. The largest absolute Gasteiger partial charge is 0.480 e. The highest BCUT2D eigenvalue weighted by atomic mass is 16.6. The highest BCUT2D eigenvalue weighted by Gasteiger charge is 2.37. The number of carbonyl (C=O) groups excluding carboxylic acids is 3. The summed E-state index contributed by atoms with van der Waals surface area (Å²) in [5.41, 5.74) is 4.98. The second-order valence-electron chi connectivity index (χ2n) is 11.1. The Kier molecular flexibility index (Phi) is 12.4. The Morgan fingerprint density at radius 1 is 0.842 bits per heavy atom. The van der Waals surface area contributed by atoms with E-state index in [0.29, 0.717) is 12.0 Å². The summed E-state index contributed by atoms with van der Waals surface area (Å²) >= 11 is 0. The molecule has 1 rings (SSSR count). The van der Waals surface area contributed by atoms with E-state index in [4.69, 9.17) is 19.9 Å². The minimum atomic E-state index is -1.77. The van der Waals surface area contributed by atoms with Crippen molar-refractivity contribution in [3.63, 3.8) is 0 Å². The number of ether oxygens (including phenoxy) is 3. The smallest absolute Gasteiger partial charge is 0.324 e. The zero-order valence-electron chi connectivity index (χ0n) is 24.2. The minimum absolute atomic E-state index is 0.00768. The van der Waals surface area contributed by atoms with E-state index >= 15 is 0 Å². The van der Waals surface area contributed by atoms with Gasteiger partial charge in [-0.05, 0) is 42.9 Å². The molecule has 0 aliphatic heterocycles. The van der Waals surface area contributed by atoms with E-state index in [1.165, 1.54) is 12.1 Å². The van der Waals surface area contributed by atoms with Crippen molar-refractivity contribution < 1.29 is 38.5 Å². The van der Waals surface area contributed by atoms with Gasteiger partial charge in [-0.2, -0.15) is 0 Å². The monoisotopic (exact) mass is 535 g/mol. The molecule has 214 valence electrons. The molecule has 0 saturated carbocycles. The van der Waals surface area contributed by atoms with Gasteiger partial charge in [0.2, 0.25) is 0 Å². The predicted octanol–water partition coefficient (Wildman–Crippen LogP) is 4.77. The Bertz CT molecular complexity index is 989. The third-order valence-corrected chi connectivity index (χ3v) is 7.10. The van der Waals surface area contributed by atoms with Crippen LogP contribution in [-0.2, 0) is 30.3 Å². The summed E-state index contributed by atoms with van der Waals surface area (Å²) in [6, 6.07) is 4.51. The number of carboxylic acid groups (broad SMARTS) is 1. The van der Waals surface area contributed by atoms with Crippen LogP contribution in [-0.4, -0.2) is 40.6 Å². The quantitative estimate of drug-likeness (QED) is 0.254. The molecule has 5 atom stereocenters. The first-order valence-electron chi connectivity index (χ1n) is 13.3. The molecule has 0 aromatic heterocycles. The molecule has 0 amide bonds. The Morgan fingerprint density at radius 2 is 1.34 bits per heavy atom. The molecule has 0 spiro atoms. The fourth-order valence-corrected chi connectivity index (χ4v) is 3.41. The third kappa shape index (κ3) is 9.42. The van der Waals surface area contributed by atoms with Crippen LogP contribution in [0.5, 0.6) is 11.5 Å². The average Bonchev–Trinajstić information content (AvgIpc) is 2.83. The number of aliphatic carboxylic acids is 1. The lowest BCUT2D eigenvalue weighted by atomic mass is 9.86. The van der Waals surface area contributed by atoms with E-state index in [2.05, 4.69) is 0 Å². The van der Waals surface area contributed by atoms with E-state index in [9.17, 15) is 24.3 Å². The molecule has 0 bridgehead atoms. The number of nitrogens with two attached hydrogens (primary N) is 1. The first-order valence-corrected chi connectivity index (χ1v) is 13.3. The molecule has 0 radical (unpaired) electrons. The highest BCUT2D eigenvalue weighted by molar-refractivity contribution is 5.80. The summed E-state index contributed by atoms with van der Waals surface area (Å²) in [5.74, 6) is -3.67. The van der Waals surface area contributed by atoms with Crippen molar-refractivity contribution >= 4 is 23.9 Å².